The summed E-state index contributed by atoms with van der Waals surface area (Å²) in [6, 6.07) is 7.31. The number of benzene rings is 1. The van der Waals surface area contributed by atoms with Crippen LogP contribution in [0.15, 0.2) is 36.7 Å². The van der Waals surface area contributed by atoms with Crippen LogP contribution in [0.1, 0.15) is 21.5 Å². The van der Waals surface area contributed by atoms with Crippen molar-refractivity contribution in [2.75, 3.05) is 13.3 Å². The van der Waals surface area contributed by atoms with Crippen LogP contribution in [0.5, 0.6) is 0 Å². The molecular formula is C15H19N3O2S. The van der Waals surface area contributed by atoms with Crippen LogP contribution < -0.4 is 0 Å². The highest BCUT2D eigenvalue weighted by atomic mass is 32.2. The summed E-state index contributed by atoms with van der Waals surface area (Å²) in [6.07, 6.45) is 5.30. The van der Waals surface area contributed by atoms with Crippen molar-refractivity contribution < 1.29 is 9.00 Å². The Kier molecular flexibility index (Phi) is 4.90. The van der Waals surface area contributed by atoms with Gasteiger partial charge in [0.1, 0.15) is 0 Å². The molecule has 0 bridgehead atoms. The van der Waals surface area contributed by atoms with Gasteiger partial charge in [-0.2, -0.15) is 5.10 Å². The lowest BCUT2D eigenvalue weighted by atomic mass is 10.1. The van der Waals surface area contributed by atoms with Gasteiger partial charge in [-0.25, -0.2) is 0 Å². The molecule has 5 nitrogen and oxygen atoms in total. The Bertz CT molecular complexity index is 666. The largest absolute Gasteiger partial charge is 0.337 e. The molecule has 1 amide bonds. The van der Waals surface area contributed by atoms with Crippen molar-refractivity contribution in [1.82, 2.24) is 14.7 Å². The molecule has 0 radical (unpaired) electrons. The molecule has 0 aliphatic carbocycles. The summed E-state index contributed by atoms with van der Waals surface area (Å²) in [6.45, 7) is 0.511. The average Bonchev–Trinajstić information content (AvgIpc) is 2.82. The van der Waals surface area contributed by atoms with Crippen LogP contribution in [-0.2, 0) is 30.1 Å². The molecule has 0 aliphatic heterocycles. The number of carbonyl (C=O) groups excluding carboxylic acids is 1. The van der Waals surface area contributed by atoms with Gasteiger partial charge < -0.3 is 4.90 Å². The van der Waals surface area contributed by atoms with Gasteiger partial charge in [-0.15, -0.1) is 0 Å². The van der Waals surface area contributed by atoms with Crippen LogP contribution >= 0.6 is 0 Å². The smallest absolute Gasteiger partial charge is 0.253 e. The van der Waals surface area contributed by atoms with E-state index in [9.17, 15) is 9.00 Å². The van der Waals surface area contributed by atoms with Gasteiger partial charge in [-0.3, -0.25) is 13.7 Å². The lowest BCUT2D eigenvalue weighted by molar-refractivity contribution is 0.0785. The van der Waals surface area contributed by atoms with E-state index >= 15 is 0 Å². The molecule has 0 saturated heterocycles. The highest BCUT2D eigenvalue weighted by Crippen LogP contribution is 2.11. The van der Waals surface area contributed by atoms with Gasteiger partial charge in [0.2, 0.25) is 0 Å². The van der Waals surface area contributed by atoms with E-state index in [2.05, 4.69) is 5.10 Å². The summed E-state index contributed by atoms with van der Waals surface area (Å²) in [5, 5.41) is 4.09. The highest BCUT2D eigenvalue weighted by molar-refractivity contribution is 7.83. The number of carbonyl (C=O) groups is 1. The Hall–Kier alpha value is -1.95. The van der Waals surface area contributed by atoms with Crippen molar-refractivity contribution in [1.29, 1.82) is 0 Å². The van der Waals surface area contributed by atoms with Crippen LogP contribution in [0.3, 0.4) is 0 Å². The molecule has 0 saturated carbocycles. The molecular weight excluding hydrogens is 286 g/mol. The number of rotatable bonds is 5. The first kappa shape index (κ1) is 15.4. The van der Waals surface area contributed by atoms with Crippen molar-refractivity contribution in [2.45, 2.75) is 12.3 Å². The first-order chi connectivity index (χ1) is 9.95. The fourth-order valence-electron chi connectivity index (χ4n) is 2.15. The minimum absolute atomic E-state index is 0.0532. The molecule has 0 spiro atoms. The highest BCUT2D eigenvalue weighted by Gasteiger charge is 2.13. The molecule has 2 aromatic rings. The second kappa shape index (κ2) is 6.67. The molecule has 2 rings (SSSR count). The second-order valence-electron chi connectivity index (χ2n) is 5.10. The zero-order chi connectivity index (χ0) is 15.4. The van der Waals surface area contributed by atoms with E-state index in [4.69, 9.17) is 0 Å². The van der Waals surface area contributed by atoms with Crippen LogP contribution in [0.4, 0.5) is 0 Å². The molecule has 1 heterocycles. The maximum Gasteiger partial charge on any atom is 0.253 e. The molecule has 0 fully saturated rings. The van der Waals surface area contributed by atoms with E-state index in [1.54, 1.807) is 35.1 Å². The number of hydrogen-bond donors (Lipinski definition) is 0. The normalized spacial score (nSPS) is 12.1. The predicted octanol–water partition coefficient (Wildman–Crippen LogP) is 1.57. The van der Waals surface area contributed by atoms with Crippen LogP contribution in [0.25, 0.3) is 0 Å². The lowest BCUT2D eigenvalue weighted by Gasteiger charge is -2.16. The summed E-state index contributed by atoms with van der Waals surface area (Å²) in [5.74, 6) is 0.413. The van der Waals surface area contributed by atoms with Gasteiger partial charge in [0, 0.05) is 60.8 Å². The van der Waals surface area contributed by atoms with Gasteiger partial charge in [0.15, 0.2) is 0 Å². The van der Waals surface area contributed by atoms with Crippen molar-refractivity contribution >= 4 is 16.7 Å². The van der Waals surface area contributed by atoms with Crippen molar-refractivity contribution in [3.63, 3.8) is 0 Å². The number of hydrogen-bond acceptors (Lipinski definition) is 3. The van der Waals surface area contributed by atoms with Crippen LogP contribution in [-0.4, -0.2) is 38.1 Å². The van der Waals surface area contributed by atoms with Crippen molar-refractivity contribution in [2.24, 2.45) is 7.05 Å². The summed E-state index contributed by atoms with van der Waals surface area (Å²) in [5.41, 5.74) is 2.51. The van der Waals surface area contributed by atoms with Gasteiger partial charge in [0.05, 0.1) is 6.20 Å². The fraction of sp³-hybridized carbons (Fsp3) is 0.333. The molecule has 1 unspecified atom stereocenters. The summed E-state index contributed by atoms with van der Waals surface area (Å²) in [7, 11) is 2.70. The van der Waals surface area contributed by atoms with Crippen LogP contribution in [0.2, 0.25) is 0 Å². The molecule has 1 aromatic carbocycles. The summed E-state index contributed by atoms with van der Waals surface area (Å²) < 4.78 is 13.0. The van der Waals surface area contributed by atoms with Gasteiger partial charge in [-0.05, 0) is 17.7 Å². The van der Waals surface area contributed by atoms with E-state index in [1.165, 1.54) is 0 Å². The number of aryl methyl sites for hydroxylation is 1. The third-order valence-corrected chi connectivity index (χ3v) is 3.81. The second-order valence-corrected chi connectivity index (χ2v) is 6.54. The Morgan fingerprint density at radius 2 is 2.14 bits per heavy atom. The quantitative estimate of drug-likeness (QED) is 0.842. The number of amides is 1. The Morgan fingerprint density at radius 1 is 1.38 bits per heavy atom. The molecule has 0 N–H and O–H groups in total. The minimum atomic E-state index is -0.913. The lowest BCUT2D eigenvalue weighted by Crippen LogP contribution is -2.26. The monoisotopic (exact) mass is 305 g/mol. The van der Waals surface area contributed by atoms with Gasteiger partial charge in [0.25, 0.3) is 5.91 Å². The zero-order valence-electron chi connectivity index (χ0n) is 12.4. The number of aromatic nitrogens is 2. The molecule has 6 heteroatoms. The van der Waals surface area contributed by atoms with Gasteiger partial charge in [-0.1, -0.05) is 12.1 Å². The van der Waals surface area contributed by atoms with E-state index in [1.807, 2.05) is 31.4 Å². The van der Waals surface area contributed by atoms with Crippen LogP contribution in [0, 0.1) is 0 Å². The molecule has 21 heavy (non-hydrogen) atoms. The SMILES string of the molecule is CN(Cc1cnn(C)c1)C(=O)c1cccc(CS(C)=O)c1. The Morgan fingerprint density at radius 3 is 2.76 bits per heavy atom. The van der Waals surface area contributed by atoms with E-state index in [-0.39, 0.29) is 5.91 Å². The summed E-state index contributed by atoms with van der Waals surface area (Å²) >= 11 is 0. The van der Waals surface area contributed by atoms with Gasteiger partial charge >= 0.3 is 0 Å². The average molecular weight is 305 g/mol. The molecule has 0 aliphatic rings. The Balaban J connectivity index is 2.09. The maximum absolute atomic E-state index is 12.4. The first-order valence-corrected chi connectivity index (χ1v) is 8.30. The standard InChI is InChI=1S/C15H19N3O2S/c1-17(9-13-8-16-18(2)10-13)15(19)14-6-4-5-12(7-14)11-21(3)20/h4-8,10H,9,11H2,1-3H3. The summed E-state index contributed by atoms with van der Waals surface area (Å²) in [4.78, 5) is 14.1. The number of nitrogens with zero attached hydrogens (tertiary/aromatic N) is 3. The molecule has 1 aromatic heterocycles. The minimum Gasteiger partial charge on any atom is -0.337 e. The maximum atomic E-state index is 12.4. The van der Waals surface area contributed by atoms with E-state index < -0.39 is 10.8 Å². The van der Waals surface area contributed by atoms with Crippen molar-refractivity contribution in [3.8, 4) is 0 Å². The topological polar surface area (TPSA) is 55.2 Å². The molecule has 112 valence electrons. The third kappa shape index (κ3) is 4.26. The van der Waals surface area contributed by atoms with Crippen molar-refractivity contribution in [3.05, 3.63) is 53.3 Å². The fourth-order valence-corrected chi connectivity index (χ4v) is 2.80. The zero-order valence-corrected chi connectivity index (χ0v) is 13.3. The van der Waals surface area contributed by atoms with E-state index in [0.717, 1.165) is 11.1 Å². The van der Waals surface area contributed by atoms with E-state index in [0.29, 0.717) is 17.9 Å². The molecule has 1 atom stereocenters. The predicted molar refractivity (Wildman–Crippen MR) is 83.2 cm³/mol. The first-order valence-electron chi connectivity index (χ1n) is 6.57. The third-order valence-electron chi connectivity index (χ3n) is 3.07. The Labute approximate surface area is 127 Å².